The SMILES string of the molecule is CCOP(=S)(OCC)Sc1ccccc1.[S-2].[Zn+2]. The van der Waals surface area contributed by atoms with E-state index in [1.165, 1.54) is 11.4 Å². The van der Waals surface area contributed by atoms with Crippen LogP contribution in [0.4, 0.5) is 0 Å². The normalized spacial score (nSPS) is 10.2. The van der Waals surface area contributed by atoms with Crippen molar-refractivity contribution < 1.29 is 28.5 Å². The van der Waals surface area contributed by atoms with Crippen LogP contribution >= 0.6 is 17.1 Å². The van der Waals surface area contributed by atoms with Crippen molar-refractivity contribution in [1.29, 1.82) is 0 Å². The zero-order chi connectivity index (χ0) is 11.1. The third-order valence-corrected chi connectivity index (χ3v) is 6.63. The second kappa shape index (κ2) is 11.0. The van der Waals surface area contributed by atoms with Crippen molar-refractivity contribution in [1.82, 2.24) is 0 Å². The zero-order valence-electron chi connectivity index (χ0n) is 10.00. The van der Waals surface area contributed by atoms with Crippen LogP contribution in [0.2, 0.25) is 0 Å². The minimum absolute atomic E-state index is 0. The summed E-state index contributed by atoms with van der Waals surface area (Å²) in [6.45, 7) is 5.06. The fourth-order valence-electron chi connectivity index (χ4n) is 1.02. The van der Waals surface area contributed by atoms with Gasteiger partial charge in [-0.1, -0.05) is 18.2 Å². The average molecular weight is 360 g/mol. The average Bonchev–Trinajstić information content (AvgIpc) is 2.19. The third-order valence-electron chi connectivity index (χ3n) is 1.53. The molecule has 7 heteroatoms. The fraction of sp³-hybridized carbons (Fsp3) is 0.400. The molecule has 0 fully saturated rings. The Balaban J connectivity index is 0. The van der Waals surface area contributed by atoms with Crippen molar-refractivity contribution in [2.75, 3.05) is 13.2 Å². The molecule has 0 atom stereocenters. The van der Waals surface area contributed by atoms with Crippen LogP contribution in [0.25, 0.3) is 0 Å². The maximum Gasteiger partial charge on any atom is 2.00 e. The summed E-state index contributed by atoms with van der Waals surface area (Å²) < 4.78 is 11.1. The van der Waals surface area contributed by atoms with Crippen LogP contribution < -0.4 is 0 Å². The third kappa shape index (κ3) is 7.99. The first kappa shape index (κ1) is 20.4. The number of rotatable bonds is 6. The van der Waals surface area contributed by atoms with E-state index in [2.05, 4.69) is 0 Å². The molecular formula is C10H15O2PS3Zn. The molecule has 0 N–H and O–H groups in total. The number of hydrogen-bond donors (Lipinski definition) is 0. The number of benzene rings is 1. The van der Waals surface area contributed by atoms with Crippen LogP contribution in [0.1, 0.15) is 13.8 Å². The first-order chi connectivity index (χ1) is 7.20. The van der Waals surface area contributed by atoms with E-state index < -0.39 is 5.69 Å². The summed E-state index contributed by atoms with van der Waals surface area (Å²) in [4.78, 5) is 1.10. The van der Waals surface area contributed by atoms with E-state index >= 15 is 0 Å². The van der Waals surface area contributed by atoms with E-state index in [4.69, 9.17) is 20.9 Å². The molecule has 17 heavy (non-hydrogen) atoms. The predicted molar refractivity (Wildman–Crippen MR) is 77.2 cm³/mol. The van der Waals surface area contributed by atoms with Crippen molar-refractivity contribution >= 4 is 42.4 Å². The summed E-state index contributed by atoms with van der Waals surface area (Å²) in [5.41, 5.74) is -2.19. The summed E-state index contributed by atoms with van der Waals surface area (Å²) in [5.74, 6) is 0. The Morgan fingerprint density at radius 3 is 2.00 bits per heavy atom. The topological polar surface area (TPSA) is 18.5 Å². The van der Waals surface area contributed by atoms with Crippen LogP contribution in [0, 0.1) is 0 Å². The van der Waals surface area contributed by atoms with E-state index in [1.54, 1.807) is 0 Å². The Morgan fingerprint density at radius 2 is 1.59 bits per heavy atom. The van der Waals surface area contributed by atoms with Gasteiger partial charge in [0, 0.05) is 4.90 Å². The molecule has 0 aliphatic carbocycles. The molecule has 1 aromatic carbocycles. The minimum Gasteiger partial charge on any atom is -2.00 e. The summed E-state index contributed by atoms with van der Waals surface area (Å²) in [6, 6.07) is 9.99. The molecule has 0 saturated carbocycles. The second-order valence-corrected chi connectivity index (χ2v) is 8.88. The van der Waals surface area contributed by atoms with Crippen LogP contribution in [0.3, 0.4) is 0 Å². The van der Waals surface area contributed by atoms with E-state index in [-0.39, 0.29) is 33.0 Å². The monoisotopic (exact) mass is 358 g/mol. The smallest absolute Gasteiger partial charge is 2.00 e. The maximum absolute atomic E-state index is 5.54. The molecule has 0 saturated heterocycles. The van der Waals surface area contributed by atoms with Gasteiger partial charge in [0.1, 0.15) is 0 Å². The Bertz CT molecular complexity index is 328. The fourth-order valence-corrected chi connectivity index (χ4v) is 5.86. The van der Waals surface area contributed by atoms with Crippen molar-refractivity contribution in [3.05, 3.63) is 30.3 Å². The molecular weight excluding hydrogens is 345 g/mol. The van der Waals surface area contributed by atoms with Gasteiger partial charge < -0.3 is 22.5 Å². The van der Waals surface area contributed by atoms with Gasteiger partial charge in [0.2, 0.25) is 0 Å². The molecule has 1 aromatic rings. The number of hydrogen-bond acceptors (Lipinski definition) is 4. The van der Waals surface area contributed by atoms with Crippen LogP contribution in [0.15, 0.2) is 35.2 Å². The Labute approximate surface area is 132 Å². The first-order valence-corrected chi connectivity index (χ1v) is 8.90. The quantitative estimate of drug-likeness (QED) is 0.562. The Kier molecular flexibility index (Phi) is 13.2. The standard InChI is InChI=1S/C10H15O2PS2.S.Zn/c1-3-11-13(14,12-4-2)15-10-8-6-5-7-9-10;;/h5-9H,3-4H2,1-2H3;;/q;-2;+2. The zero-order valence-corrected chi connectivity index (χ0v) is 16.3. The Hall–Kier alpha value is 1.11. The van der Waals surface area contributed by atoms with E-state index in [0.717, 1.165) is 4.90 Å². The summed E-state index contributed by atoms with van der Waals surface area (Å²) >= 11 is 6.93. The maximum atomic E-state index is 5.54. The van der Waals surface area contributed by atoms with Crippen molar-refractivity contribution in [3.63, 3.8) is 0 Å². The van der Waals surface area contributed by atoms with Crippen molar-refractivity contribution in [2.45, 2.75) is 18.7 Å². The molecule has 2 nitrogen and oxygen atoms in total. The molecule has 0 aliphatic rings. The predicted octanol–water partition coefficient (Wildman–Crippen LogP) is 4.07. The molecule has 92 valence electrons. The molecule has 0 radical (unpaired) electrons. The van der Waals surface area contributed by atoms with Crippen LogP contribution in [-0.2, 0) is 53.8 Å². The van der Waals surface area contributed by atoms with Crippen LogP contribution in [-0.4, -0.2) is 13.2 Å². The molecule has 0 aromatic heterocycles. The molecule has 1 rings (SSSR count). The van der Waals surface area contributed by atoms with Gasteiger partial charge in [-0.3, -0.25) is 0 Å². The van der Waals surface area contributed by atoms with Gasteiger partial charge in [-0.15, -0.1) is 0 Å². The molecule has 0 bridgehead atoms. The molecule has 0 aliphatic heterocycles. The molecule has 0 spiro atoms. The van der Waals surface area contributed by atoms with E-state index in [9.17, 15) is 0 Å². The molecule has 0 amide bonds. The van der Waals surface area contributed by atoms with Gasteiger partial charge in [-0.25, -0.2) is 0 Å². The largest absolute Gasteiger partial charge is 2.00 e. The summed E-state index contributed by atoms with van der Waals surface area (Å²) in [5, 5.41) is 0. The van der Waals surface area contributed by atoms with E-state index in [0.29, 0.717) is 13.2 Å². The van der Waals surface area contributed by atoms with Gasteiger partial charge in [0.25, 0.3) is 5.69 Å². The molecule has 0 heterocycles. The summed E-state index contributed by atoms with van der Waals surface area (Å²) in [7, 11) is 0. The van der Waals surface area contributed by atoms with Gasteiger partial charge in [-0.05, 0) is 49.2 Å². The van der Waals surface area contributed by atoms with Crippen molar-refractivity contribution in [2.24, 2.45) is 0 Å². The van der Waals surface area contributed by atoms with Gasteiger partial charge in [0.15, 0.2) is 0 Å². The Morgan fingerprint density at radius 1 is 1.12 bits per heavy atom. The van der Waals surface area contributed by atoms with E-state index in [1.807, 2.05) is 44.2 Å². The second-order valence-electron chi connectivity index (χ2n) is 2.69. The first-order valence-electron chi connectivity index (χ1n) is 4.84. The van der Waals surface area contributed by atoms with Gasteiger partial charge in [0.05, 0.1) is 13.2 Å². The summed E-state index contributed by atoms with van der Waals surface area (Å²) in [6.07, 6.45) is 0. The van der Waals surface area contributed by atoms with Crippen molar-refractivity contribution in [3.8, 4) is 0 Å². The van der Waals surface area contributed by atoms with Crippen LogP contribution in [0.5, 0.6) is 0 Å². The van der Waals surface area contributed by atoms with Gasteiger partial charge in [-0.2, -0.15) is 0 Å². The van der Waals surface area contributed by atoms with Gasteiger partial charge >= 0.3 is 19.5 Å². The minimum atomic E-state index is -2.19. The molecule has 0 unspecified atom stereocenters.